The number of aryl methyl sites for hydroxylation is 1. The predicted molar refractivity (Wildman–Crippen MR) is 95.9 cm³/mol. The number of rotatable bonds is 6. The Morgan fingerprint density at radius 3 is 2.60 bits per heavy atom. The summed E-state index contributed by atoms with van der Waals surface area (Å²) >= 11 is 0. The fourth-order valence-corrected chi connectivity index (χ4v) is 3.37. The number of amides is 2. The molecule has 0 saturated carbocycles. The molecular formula is C18H26N6O. The van der Waals surface area contributed by atoms with E-state index in [1.807, 2.05) is 24.6 Å². The third-order valence-electron chi connectivity index (χ3n) is 4.70. The zero-order chi connectivity index (χ0) is 17.6. The predicted octanol–water partition coefficient (Wildman–Crippen LogP) is 2.01. The van der Waals surface area contributed by atoms with E-state index in [4.69, 9.17) is 0 Å². The molecule has 2 amide bonds. The summed E-state index contributed by atoms with van der Waals surface area (Å²) in [5, 5.41) is 13.8. The van der Waals surface area contributed by atoms with E-state index in [2.05, 4.69) is 50.0 Å². The topological polar surface area (TPSA) is 75.1 Å². The molecule has 2 unspecified atom stereocenters. The van der Waals surface area contributed by atoms with Gasteiger partial charge in [-0.2, -0.15) is 0 Å². The lowest BCUT2D eigenvalue weighted by Gasteiger charge is -2.28. The smallest absolute Gasteiger partial charge is 0.315 e. The molecule has 1 aliphatic rings. The van der Waals surface area contributed by atoms with Crippen molar-refractivity contribution in [1.29, 1.82) is 0 Å². The van der Waals surface area contributed by atoms with Crippen LogP contribution in [-0.2, 0) is 7.05 Å². The fraction of sp³-hybridized carbons (Fsp3) is 0.500. The second-order valence-electron chi connectivity index (χ2n) is 6.55. The molecule has 7 nitrogen and oxygen atoms in total. The number of hydrogen-bond donors (Lipinski definition) is 2. The van der Waals surface area contributed by atoms with E-state index in [1.54, 1.807) is 6.33 Å². The first-order valence-electron chi connectivity index (χ1n) is 8.82. The normalized spacial score (nSPS) is 17.2. The molecule has 1 saturated heterocycles. The van der Waals surface area contributed by atoms with E-state index in [0.717, 1.165) is 18.9 Å². The molecule has 7 heteroatoms. The summed E-state index contributed by atoms with van der Waals surface area (Å²) in [6, 6.07) is 10.2. The van der Waals surface area contributed by atoms with Crippen molar-refractivity contribution in [2.45, 2.75) is 31.8 Å². The SMILES string of the molecule is CC(NC(=O)NCC(c1ccccc1)N1CCCC1)c1nncn1C. The van der Waals surface area contributed by atoms with Gasteiger partial charge in [-0.05, 0) is 38.4 Å². The van der Waals surface area contributed by atoms with Crippen molar-refractivity contribution < 1.29 is 4.79 Å². The fourth-order valence-electron chi connectivity index (χ4n) is 3.37. The molecule has 2 aromatic rings. The lowest BCUT2D eigenvalue weighted by Crippen LogP contribution is -2.42. The van der Waals surface area contributed by atoms with Crippen LogP contribution in [0.2, 0.25) is 0 Å². The molecule has 134 valence electrons. The highest BCUT2D eigenvalue weighted by Gasteiger charge is 2.24. The monoisotopic (exact) mass is 342 g/mol. The van der Waals surface area contributed by atoms with Crippen LogP contribution in [0.5, 0.6) is 0 Å². The average Bonchev–Trinajstić information content (AvgIpc) is 3.28. The van der Waals surface area contributed by atoms with Gasteiger partial charge in [-0.3, -0.25) is 4.90 Å². The van der Waals surface area contributed by atoms with Crippen LogP contribution in [0.3, 0.4) is 0 Å². The number of aromatic nitrogens is 3. The van der Waals surface area contributed by atoms with Crippen molar-refractivity contribution in [3.63, 3.8) is 0 Å². The van der Waals surface area contributed by atoms with Gasteiger partial charge in [-0.15, -0.1) is 10.2 Å². The van der Waals surface area contributed by atoms with E-state index >= 15 is 0 Å². The number of carbonyl (C=O) groups is 1. The maximum atomic E-state index is 12.3. The van der Waals surface area contributed by atoms with Crippen LogP contribution in [0.15, 0.2) is 36.7 Å². The summed E-state index contributed by atoms with van der Waals surface area (Å²) in [7, 11) is 1.87. The molecule has 0 spiro atoms. The van der Waals surface area contributed by atoms with Crippen LogP contribution in [-0.4, -0.2) is 45.3 Å². The first-order valence-corrected chi connectivity index (χ1v) is 8.82. The summed E-state index contributed by atoms with van der Waals surface area (Å²) in [6.45, 7) is 4.65. The molecule has 0 radical (unpaired) electrons. The van der Waals surface area contributed by atoms with Crippen LogP contribution < -0.4 is 10.6 Å². The van der Waals surface area contributed by atoms with E-state index in [-0.39, 0.29) is 18.1 Å². The van der Waals surface area contributed by atoms with Gasteiger partial charge in [0.25, 0.3) is 0 Å². The summed E-state index contributed by atoms with van der Waals surface area (Å²) in [5.74, 6) is 0.731. The van der Waals surface area contributed by atoms with Crippen LogP contribution >= 0.6 is 0 Å². The quantitative estimate of drug-likeness (QED) is 0.842. The Hall–Kier alpha value is -2.41. The van der Waals surface area contributed by atoms with Gasteiger partial charge in [0, 0.05) is 13.6 Å². The lowest BCUT2D eigenvalue weighted by molar-refractivity contribution is 0.218. The molecule has 25 heavy (non-hydrogen) atoms. The minimum absolute atomic E-state index is 0.185. The largest absolute Gasteiger partial charge is 0.336 e. The third-order valence-corrected chi connectivity index (χ3v) is 4.70. The van der Waals surface area contributed by atoms with Gasteiger partial charge >= 0.3 is 6.03 Å². The molecule has 2 atom stereocenters. The highest BCUT2D eigenvalue weighted by atomic mass is 16.2. The number of carbonyl (C=O) groups excluding carboxylic acids is 1. The summed E-state index contributed by atoms with van der Waals surface area (Å²) in [4.78, 5) is 14.8. The third kappa shape index (κ3) is 4.36. The first-order chi connectivity index (χ1) is 12.1. The Labute approximate surface area is 148 Å². The highest BCUT2D eigenvalue weighted by molar-refractivity contribution is 5.74. The standard InChI is InChI=1S/C18H26N6O/c1-14(17-22-20-13-23(17)2)21-18(25)19-12-16(24-10-6-7-11-24)15-8-4-3-5-9-15/h3-5,8-9,13-14,16H,6-7,10-12H2,1-2H3,(H2,19,21,25). The van der Waals surface area contributed by atoms with Gasteiger partial charge in [0.1, 0.15) is 6.33 Å². The number of urea groups is 1. The Morgan fingerprint density at radius 2 is 1.96 bits per heavy atom. The van der Waals surface area contributed by atoms with Crippen molar-refractivity contribution in [3.05, 3.63) is 48.0 Å². The average molecular weight is 342 g/mol. The highest BCUT2D eigenvalue weighted by Crippen LogP contribution is 2.24. The number of nitrogens with zero attached hydrogens (tertiary/aromatic N) is 4. The van der Waals surface area contributed by atoms with Gasteiger partial charge in [0.05, 0.1) is 12.1 Å². The Kier molecular flexibility index (Phi) is 5.65. The van der Waals surface area contributed by atoms with Gasteiger partial charge in [-0.25, -0.2) is 4.79 Å². The van der Waals surface area contributed by atoms with Crippen molar-refractivity contribution in [2.75, 3.05) is 19.6 Å². The zero-order valence-electron chi connectivity index (χ0n) is 14.9. The summed E-state index contributed by atoms with van der Waals surface area (Å²) in [5.41, 5.74) is 1.24. The van der Waals surface area contributed by atoms with E-state index in [0.29, 0.717) is 6.54 Å². The van der Waals surface area contributed by atoms with Crippen LogP contribution in [0.1, 0.15) is 43.2 Å². The zero-order valence-corrected chi connectivity index (χ0v) is 14.9. The summed E-state index contributed by atoms with van der Waals surface area (Å²) < 4.78 is 1.81. The van der Waals surface area contributed by atoms with Gasteiger partial charge < -0.3 is 15.2 Å². The van der Waals surface area contributed by atoms with Crippen LogP contribution in [0.4, 0.5) is 4.79 Å². The van der Waals surface area contributed by atoms with E-state index in [9.17, 15) is 4.79 Å². The molecule has 1 aromatic carbocycles. The van der Waals surface area contributed by atoms with Crippen molar-refractivity contribution in [2.24, 2.45) is 7.05 Å². The molecule has 0 aliphatic carbocycles. The first kappa shape index (κ1) is 17.4. The maximum absolute atomic E-state index is 12.3. The van der Waals surface area contributed by atoms with Crippen molar-refractivity contribution in [3.8, 4) is 0 Å². The van der Waals surface area contributed by atoms with Crippen LogP contribution in [0.25, 0.3) is 0 Å². The number of hydrogen-bond acceptors (Lipinski definition) is 4. The van der Waals surface area contributed by atoms with Gasteiger partial charge in [0.15, 0.2) is 5.82 Å². The molecular weight excluding hydrogens is 316 g/mol. The van der Waals surface area contributed by atoms with Gasteiger partial charge in [0.2, 0.25) is 0 Å². The Morgan fingerprint density at radius 1 is 1.24 bits per heavy atom. The molecule has 2 heterocycles. The maximum Gasteiger partial charge on any atom is 0.315 e. The number of nitrogens with one attached hydrogen (secondary N) is 2. The molecule has 1 aliphatic heterocycles. The molecule has 3 rings (SSSR count). The summed E-state index contributed by atoms with van der Waals surface area (Å²) in [6.07, 6.45) is 4.07. The number of likely N-dealkylation sites (tertiary alicyclic amines) is 1. The minimum Gasteiger partial charge on any atom is -0.336 e. The minimum atomic E-state index is -0.200. The van der Waals surface area contributed by atoms with E-state index in [1.165, 1.54) is 18.4 Å². The second kappa shape index (κ2) is 8.11. The Bertz CT molecular complexity index is 680. The van der Waals surface area contributed by atoms with Crippen molar-refractivity contribution in [1.82, 2.24) is 30.3 Å². The number of benzene rings is 1. The second-order valence-corrected chi connectivity index (χ2v) is 6.55. The molecule has 0 bridgehead atoms. The van der Waals surface area contributed by atoms with Crippen molar-refractivity contribution >= 4 is 6.03 Å². The molecule has 1 aromatic heterocycles. The van der Waals surface area contributed by atoms with E-state index < -0.39 is 0 Å². The Balaban J connectivity index is 1.59. The van der Waals surface area contributed by atoms with Gasteiger partial charge in [-0.1, -0.05) is 30.3 Å². The van der Waals surface area contributed by atoms with Crippen LogP contribution in [0, 0.1) is 0 Å². The molecule has 1 fully saturated rings. The lowest BCUT2D eigenvalue weighted by atomic mass is 10.1. The molecule has 2 N–H and O–H groups in total.